The van der Waals surface area contributed by atoms with Gasteiger partial charge in [0, 0.05) is 6.42 Å². The molecule has 1 aliphatic carbocycles. The Morgan fingerprint density at radius 2 is 1.89 bits per heavy atom. The Kier molecular flexibility index (Phi) is 5.15. The summed E-state index contributed by atoms with van der Waals surface area (Å²) in [7, 11) is 0. The molecule has 0 bridgehead atoms. The topological polar surface area (TPSA) is 58.6 Å². The first-order valence-electron chi connectivity index (χ1n) is 10.2. The second-order valence-electron chi connectivity index (χ2n) is 8.45. The van der Waals surface area contributed by atoms with Crippen LogP contribution in [0.1, 0.15) is 52.3 Å². The van der Waals surface area contributed by atoms with Gasteiger partial charge < -0.3 is 15.2 Å². The fourth-order valence-corrected chi connectivity index (χ4v) is 4.65. The number of aliphatic hydroxyl groups excluding tert-OH is 1. The normalized spacial score (nSPS) is 21.4. The lowest BCUT2D eigenvalue weighted by Gasteiger charge is -2.38. The van der Waals surface area contributed by atoms with E-state index in [0.717, 1.165) is 53.9 Å². The van der Waals surface area contributed by atoms with Gasteiger partial charge in [-0.2, -0.15) is 0 Å². The van der Waals surface area contributed by atoms with Gasteiger partial charge in [-0.05, 0) is 79.5 Å². The van der Waals surface area contributed by atoms with Gasteiger partial charge in [-0.15, -0.1) is 0 Å². The van der Waals surface area contributed by atoms with Gasteiger partial charge >= 0.3 is 0 Å². The van der Waals surface area contributed by atoms with Gasteiger partial charge in [-0.1, -0.05) is 23.8 Å². The lowest BCUT2D eigenvalue weighted by Crippen LogP contribution is -2.42. The number of benzene rings is 2. The molecule has 148 valence electrons. The van der Waals surface area contributed by atoms with Crippen LogP contribution < -0.4 is 10.1 Å². The molecule has 0 spiro atoms. The highest BCUT2D eigenvalue weighted by Crippen LogP contribution is 2.39. The molecule has 4 nitrogen and oxygen atoms in total. The zero-order valence-electron chi connectivity index (χ0n) is 16.9. The van der Waals surface area contributed by atoms with E-state index in [-0.39, 0.29) is 24.0 Å². The molecular weight excluding hydrogens is 350 g/mol. The van der Waals surface area contributed by atoms with Gasteiger partial charge in [0.2, 0.25) is 5.91 Å². The number of rotatable bonds is 5. The maximum Gasteiger partial charge on any atom is 0.224 e. The first-order valence-corrected chi connectivity index (χ1v) is 10.2. The Morgan fingerprint density at radius 1 is 1.18 bits per heavy atom. The number of hydrogen-bond acceptors (Lipinski definition) is 3. The van der Waals surface area contributed by atoms with Gasteiger partial charge in [0.05, 0.1) is 25.2 Å². The summed E-state index contributed by atoms with van der Waals surface area (Å²) in [6.07, 6.45) is 2.53. The second kappa shape index (κ2) is 7.59. The summed E-state index contributed by atoms with van der Waals surface area (Å²) >= 11 is 0. The van der Waals surface area contributed by atoms with Crippen LogP contribution in [0.2, 0.25) is 0 Å². The predicted molar refractivity (Wildman–Crippen MR) is 110 cm³/mol. The molecule has 0 aromatic heterocycles. The average Bonchev–Trinajstić information content (AvgIpc) is 3.08. The molecule has 1 fully saturated rings. The molecular formula is C24H29NO3. The van der Waals surface area contributed by atoms with Gasteiger partial charge in [0.1, 0.15) is 5.75 Å². The lowest BCUT2D eigenvalue weighted by molar-refractivity contribution is -0.122. The summed E-state index contributed by atoms with van der Waals surface area (Å²) < 4.78 is 5.62. The number of hydrogen-bond donors (Lipinski definition) is 2. The number of carbonyl (C=O) groups excluding carboxylic acids is 1. The van der Waals surface area contributed by atoms with E-state index in [0.29, 0.717) is 6.42 Å². The highest BCUT2D eigenvalue weighted by Gasteiger charge is 2.36. The third kappa shape index (κ3) is 3.79. The average molecular weight is 380 g/mol. The van der Waals surface area contributed by atoms with Crippen molar-refractivity contribution in [3.63, 3.8) is 0 Å². The summed E-state index contributed by atoms with van der Waals surface area (Å²) in [5.41, 5.74) is 6.99. The minimum Gasteiger partial charge on any atom is -0.493 e. The Labute approximate surface area is 166 Å². The van der Waals surface area contributed by atoms with E-state index >= 15 is 0 Å². The first-order chi connectivity index (χ1) is 13.4. The van der Waals surface area contributed by atoms with Gasteiger partial charge in [-0.3, -0.25) is 4.79 Å². The van der Waals surface area contributed by atoms with E-state index in [1.165, 1.54) is 11.1 Å². The highest BCUT2D eigenvalue weighted by molar-refractivity contribution is 5.80. The summed E-state index contributed by atoms with van der Waals surface area (Å²) in [5.74, 6) is 1.27. The third-order valence-electron chi connectivity index (χ3n) is 6.19. The van der Waals surface area contributed by atoms with E-state index in [1.807, 2.05) is 6.07 Å². The first kappa shape index (κ1) is 19.0. The molecule has 4 rings (SSSR count). The van der Waals surface area contributed by atoms with Crippen molar-refractivity contribution in [2.75, 3.05) is 6.61 Å². The monoisotopic (exact) mass is 379 g/mol. The standard InChI is InChI=1S/C24H29NO3/c1-14-8-15(2)21(16(3)9-14)13-23(27)25-24(19-11-20(26)12-19)18-4-5-22-17(10-18)6-7-28-22/h4-5,8-10,19-20,24,26H,6-7,11-13H2,1-3H3,(H,25,27). The van der Waals surface area contributed by atoms with E-state index in [9.17, 15) is 9.90 Å². The molecule has 4 heteroatoms. The largest absolute Gasteiger partial charge is 0.493 e. The Morgan fingerprint density at radius 3 is 2.57 bits per heavy atom. The fourth-order valence-electron chi connectivity index (χ4n) is 4.65. The van der Waals surface area contributed by atoms with Crippen molar-refractivity contribution in [1.29, 1.82) is 0 Å². The van der Waals surface area contributed by atoms with Crippen molar-refractivity contribution in [3.8, 4) is 5.75 Å². The smallest absolute Gasteiger partial charge is 0.224 e. The molecule has 2 aliphatic rings. The molecule has 1 atom stereocenters. The van der Waals surface area contributed by atoms with Gasteiger partial charge in [0.25, 0.3) is 0 Å². The molecule has 2 aromatic rings. The number of amides is 1. The Balaban J connectivity index is 1.54. The van der Waals surface area contributed by atoms with Crippen LogP contribution in [0.15, 0.2) is 30.3 Å². The zero-order chi connectivity index (χ0) is 19.8. The maximum absolute atomic E-state index is 12.9. The van der Waals surface area contributed by atoms with Crippen molar-refractivity contribution in [3.05, 3.63) is 63.7 Å². The quantitative estimate of drug-likeness (QED) is 0.832. The summed E-state index contributed by atoms with van der Waals surface area (Å²) in [6, 6.07) is 10.4. The van der Waals surface area contributed by atoms with Crippen LogP contribution in [0.5, 0.6) is 5.75 Å². The van der Waals surface area contributed by atoms with Crippen molar-refractivity contribution in [2.45, 2.75) is 58.6 Å². The van der Waals surface area contributed by atoms with Crippen molar-refractivity contribution in [1.82, 2.24) is 5.32 Å². The molecule has 1 heterocycles. The SMILES string of the molecule is Cc1cc(C)c(CC(=O)NC(c2ccc3c(c2)CCO3)C2CC(O)C2)c(C)c1. The molecule has 1 unspecified atom stereocenters. The van der Waals surface area contributed by atoms with Crippen LogP contribution in [-0.2, 0) is 17.6 Å². The molecule has 1 amide bonds. The van der Waals surface area contributed by atoms with Crippen LogP contribution in [-0.4, -0.2) is 23.7 Å². The summed E-state index contributed by atoms with van der Waals surface area (Å²) in [5, 5.41) is 13.1. The van der Waals surface area contributed by atoms with Crippen molar-refractivity contribution < 1.29 is 14.6 Å². The molecule has 28 heavy (non-hydrogen) atoms. The second-order valence-corrected chi connectivity index (χ2v) is 8.45. The number of aliphatic hydroxyl groups is 1. The number of aryl methyl sites for hydroxylation is 3. The number of nitrogens with one attached hydrogen (secondary N) is 1. The molecule has 2 N–H and O–H groups in total. The Bertz CT molecular complexity index is 876. The predicted octanol–water partition coefficient (Wildman–Crippen LogP) is 3.72. The van der Waals surface area contributed by atoms with Crippen LogP contribution >= 0.6 is 0 Å². The van der Waals surface area contributed by atoms with E-state index in [1.54, 1.807) is 0 Å². The highest BCUT2D eigenvalue weighted by atomic mass is 16.5. The zero-order valence-corrected chi connectivity index (χ0v) is 16.9. The van der Waals surface area contributed by atoms with E-state index in [4.69, 9.17) is 4.74 Å². The molecule has 0 radical (unpaired) electrons. The van der Waals surface area contributed by atoms with Crippen molar-refractivity contribution in [2.24, 2.45) is 5.92 Å². The van der Waals surface area contributed by atoms with Crippen LogP contribution in [0.4, 0.5) is 0 Å². The fraction of sp³-hybridized carbons (Fsp3) is 0.458. The minimum absolute atomic E-state index is 0.0400. The summed E-state index contributed by atoms with van der Waals surface area (Å²) in [6.45, 7) is 6.95. The van der Waals surface area contributed by atoms with E-state index in [2.05, 4.69) is 50.4 Å². The number of carbonyl (C=O) groups is 1. The Hall–Kier alpha value is -2.33. The number of ether oxygens (including phenoxy) is 1. The van der Waals surface area contributed by atoms with Crippen LogP contribution in [0.25, 0.3) is 0 Å². The minimum atomic E-state index is -0.247. The molecule has 0 saturated heterocycles. The van der Waals surface area contributed by atoms with Gasteiger partial charge in [-0.25, -0.2) is 0 Å². The van der Waals surface area contributed by atoms with E-state index < -0.39 is 0 Å². The molecule has 1 aliphatic heterocycles. The third-order valence-corrected chi connectivity index (χ3v) is 6.19. The van der Waals surface area contributed by atoms with Crippen LogP contribution in [0, 0.1) is 26.7 Å². The van der Waals surface area contributed by atoms with Crippen LogP contribution in [0.3, 0.4) is 0 Å². The maximum atomic E-state index is 12.9. The molecule has 2 aromatic carbocycles. The molecule has 1 saturated carbocycles. The van der Waals surface area contributed by atoms with Crippen molar-refractivity contribution >= 4 is 5.91 Å². The van der Waals surface area contributed by atoms with Gasteiger partial charge in [0.15, 0.2) is 0 Å². The summed E-state index contributed by atoms with van der Waals surface area (Å²) in [4.78, 5) is 12.9. The lowest BCUT2D eigenvalue weighted by atomic mass is 9.74. The number of fused-ring (bicyclic) bond motifs is 1.